The van der Waals surface area contributed by atoms with E-state index in [-0.39, 0.29) is 17.9 Å². The largest absolute Gasteiger partial charge is 0.491 e. The number of nitrogen functional groups attached to an aromatic ring is 1. The van der Waals surface area contributed by atoms with Crippen LogP contribution in [0.25, 0.3) is 0 Å². The van der Waals surface area contributed by atoms with Crippen molar-refractivity contribution in [1.29, 1.82) is 0 Å². The van der Waals surface area contributed by atoms with Gasteiger partial charge in [-0.05, 0) is 6.92 Å². The fourth-order valence-electron chi connectivity index (χ4n) is 1.31. The smallest absolute Gasteiger partial charge is 0.219 e. The fourth-order valence-corrected chi connectivity index (χ4v) is 1.31. The Morgan fingerprint density at radius 1 is 1.53 bits per heavy atom. The zero-order chi connectivity index (χ0) is 12.8. The summed E-state index contributed by atoms with van der Waals surface area (Å²) in [5.74, 6) is -0.795. The summed E-state index contributed by atoms with van der Waals surface area (Å²) in [6.45, 7) is 2.47. The van der Waals surface area contributed by atoms with Crippen molar-refractivity contribution in [2.45, 2.75) is 13.3 Å². The molecule has 0 aromatic heterocycles. The summed E-state index contributed by atoms with van der Waals surface area (Å²) >= 11 is 0. The van der Waals surface area contributed by atoms with Gasteiger partial charge in [0.2, 0.25) is 5.91 Å². The van der Waals surface area contributed by atoms with Crippen LogP contribution in [0.3, 0.4) is 0 Å². The first-order valence-corrected chi connectivity index (χ1v) is 5.28. The van der Waals surface area contributed by atoms with Gasteiger partial charge in [-0.2, -0.15) is 0 Å². The molecule has 0 bridgehead atoms. The number of hydrogen-bond acceptors (Lipinski definition) is 4. The summed E-state index contributed by atoms with van der Waals surface area (Å²) in [5.41, 5.74) is 11.4. The zero-order valence-electron chi connectivity index (χ0n) is 9.63. The number of halogens is 1. The zero-order valence-corrected chi connectivity index (χ0v) is 9.63. The highest BCUT2D eigenvalue weighted by Crippen LogP contribution is 2.28. The van der Waals surface area contributed by atoms with Crippen molar-refractivity contribution in [1.82, 2.24) is 0 Å². The monoisotopic (exact) mass is 241 g/mol. The predicted molar refractivity (Wildman–Crippen MR) is 64.3 cm³/mol. The van der Waals surface area contributed by atoms with Gasteiger partial charge in [-0.1, -0.05) is 0 Å². The van der Waals surface area contributed by atoms with E-state index in [0.29, 0.717) is 18.8 Å². The first kappa shape index (κ1) is 13.1. The molecule has 0 atom stereocenters. The third-order valence-electron chi connectivity index (χ3n) is 2.09. The third kappa shape index (κ3) is 3.82. The highest BCUT2D eigenvalue weighted by Gasteiger charge is 2.08. The number of nitrogens with one attached hydrogen (secondary N) is 1. The number of nitrogens with two attached hydrogens (primary N) is 2. The number of benzene rings is 1. The molecule has 0 aliphatic carbocycles. The van der Waals surface area contributed by atoms with E-state index < -0.39 is 11.7 Å². The van der Waals surface area contributed by atoms with Crippen LogP contribution in [0, 0.1) is 5.82 Å². The maximum absolute atomic E-state index is 13.4. The van der Waals surface area contributed by atoms with E-state index in [2.05, 4.69) is 5.32 Å². The Balaban J connectivity index is 2.76. The SMILES string of the molecule is CCOc1cc(NCCC(N)=O)c(N)cc1F. The summed E-state index contributed by atoms with van der Waals surface area (Å²) < 4.78 is 18.5. The van der Waals surface area contributed by atoms with Gasteiger partial charge < -0.3 is 21.5 Å². The van der Waals surface area contributed by atoms with Crippen LogP contribution in [0.2, 0.25) is 0 Å². The molecule has 0 aliphatic heterocycles. The summed E-state index contributed by atoms with van der Waals surface area (Å²) in [6.07, 6.45) is 0.181. The maximum Gasteiger partial charge on any atom is 0.219 e. The number of carbonyl (C=O) groups excluding carboxylic acids is 1. The number of hydrogen-bond donors (Lipinski definition) is 3. The Labute approximate surface area is 98.9 Å². The second-order valence-corrected chi connectivity index (χ2v) is 3.45. The van der Waals surface area contributed by atoms with Gasteiger partial charge in [0.05, 0.1) is 18.0 Å². The van der Waals surface area contributed by atoms with Crippen molar-refractivity contribution in [3.05, 3.63) is 17.9 Å². The molecule has 0 heterocycles. The normalized spacial score (nSPS) is 10.0. The average Bonchev–Trinajstić information content (AvgIpc) is 2.24. The average molecular weight is 241 g/mol. The van der Waals surface area contributed by atoms with Crippen molar-refractivity contribution in [2.24, 2.45) is 5.73 Å². The molecule has 5 N–H and O–H groups in total. The summed E-state index contributed by atoms with van der Waals surface area (Å²) in [6, 6.07) is 2.65. The topological polar surface area (TPSA) is 90.4 Å². The molecule has 17 heavy (non-hydrogen) atoms. The molecule has 1 amide bonds. The minimum absolute atomic E-state index is 0.128. The lowest BCUT2D eigenvalue weighted by molar-refractivity contribution is -0.117. The fraction of sp³-hybridized carbons (Fsp3) is 0.364. The van der Waals surface area contributed by atoms with Gasteiger partial charge in [0.1, 0.15) is 0 Å². The van der Waals surface area contributed by atoms with Crippen LogP contribution < -0.4 is 21.5 Å². The molecule has 0 unspecified atom stereocenters. The molecule has 94 valence electrons. The lowest BCUT2D eigenvalue weighted by atomic mass is 10.2. The minimum Gasteiger partial charge on any atom is -0.491 e. The molecule has 1 rings (SSSR count). The van der Waals surface area contributed by atoms with Gasteiger partial charge in [0, 0.05) is 25.1 Å². The Morgan fingerprint density at radius 3 is 2.82 bits per heavy atom. The van der Waals surface area contributed by atoms with Crippen LogP contribution in [0.5, 0.6) is 5.75 Å². The highest BCUT2D eigenvalue weighted by atomic mass is 19.1. The molecule has 0 radical (unpaired) electrons. The third-order valence-corrected chi connectivity index (χ3v) is 2.09. The number of carbonyl (C=O) groups is 1. The van der Waals surface area contributed by atoms with Crippen LogP contribution in [0.15, 0.2) is 12.1 Å². The number of ether oxygens (including phenoxy) is 1. The van der Waals surface area contributed by atoms with E-state index in [0.717, 1.165) is 0 Å². The number of amides is 1. The molecule has 1 aromatic carbocycles. The number of primary amides is 1. The van der Waals surface area contributed by atoms with Crippen molar-refractivity contribution in [3.63, 3.8) is 0 Å². The van der Waals surface area contributed by atoms with Crippen LogP contribution in [-0.4, -0.2) is 19.1 Å². The van der Waals surface area contributed by atoms with Crippen LogP contribution in [0.4, 0.5) is 15.8 Å². The van der Waals surface area contributed by atoms with Crippen molar-refractivity contribution < 1.29 is 13.9 Å². The number of rotatable bonds is 6. The van der Waals surface area contributed by atoms with Gasteiger partial charge >= 0.3 is 0 Å². The molecule has 6 heteroatoms. The first-order chi connectivity index (χ1) is 8.04. The molecular weight excluding hydrogens is 225 g/mol. The van der Waals surface area contributed by atoms with Crippen LogP contribution in [0.1, 0.15) is 13.3 Å². The molecule has 0 spiro atoms. The van der Waals surface area contributed by atoms with Crippen LogP contribution >= 0.6 is 0 Å². The van der Waals surface area contributed by atoms with Gasteiger partial charge in [-0.3, -0.25) is 4.79 Å². The van der Waals surface area contributed by atoms with Gasteiger partial charge in [-0.15, -0.1) is 0 Å². The predicted octanol–water partition coefficient (Wildman–Crippen LogP) is 1.09. The van der Waals surface area contributed by atoms with Crippen molar-refractivity contribution >= 4 is 17.3 Å². The van der Waals surface area contributed by atoms with E-state index in [9.17, 15) is 9.18 Å². The molecule has 5 nitrogen and oxygen atoms in total. The quantitative estimate of drug-likeness (QED) is 0.650. The number of anilines is 2. The molecule has 0 aliphatic rings. The standard InChI is InChI=1S/C11H16FN3O2/c1-2-17-10-6-9(8(13)5-7(10)12)15-4-3-11(14)16/h5-6,15H,2-4,13H2,1H3,(H2,14,16). The van der Waals surface area contributed by atoms with E-state index in [1.54, 1.807) is 6.92 Å². The van der Waals surface area contributed by atoms with Gasteiger partial charge in [0.25, 0.3) is 0 Å². The minimum atomic E-state index is -0.509. The molecular formula is C11H16FN3O2. The Kier molecular flexibility index (Phi) is 4.56. The molecule has 0 saturated carbocycles. The van der Waals surface area contributed by atoms with E-state index in [1.807, 2.05) is 0 Å². The lowest BCUT2D eigenvalue weighted by Gasteiger charge is -2.12. The Morgan fingerprint density at radius 2 is 2.24 bits per heavy atom. The Bertz CT molecular complexity index is 410. The highest BCUT2D eigenvalue weighted by molar-refractivity contribution is 5.75. The van der Waals surface area contributed by atoms with Gasteiger partial charge in [-0.25, -0.2) is 4.39 Å². The summed E-state index contributed by atoms with van der Waals surface area (Å²) in [4.78, 5) is 10.6. The summed E-state index contributed by atoms with van der Waals surface area (Å²) in [7, 11) is 0. The maximum atomic E-state index is 13.4. The molecule has 1 aromatic rings. The van der Waals surface area contributed by atoms with E-state index >= 15 is 0 Å². The molecule has 0 fully saturated rings. The van der Waals surface area contributed by atoms with E-state index in [1.165, 1.54) is 12.1 Å². The van der Waals surface area contributed by atoms with Gasteiger partial charge in [0.15, 0.2) is 11.6 Å². The Hall–Kier alpha value is -1.98. The first-order valence-electron chi connectivity index (χ1n) is 5.28. The second kappa shape index (κ2) is 5.93. The molecule has 0 saturated heterocycles. The van der Waals surface area contributed by atoms with E-state index in [4.69, 9.17) is 16.2 Å². The van der Waals surface area contributed by atoms with Crippen molar-refractivity contribution in [2.75, 3.05) is 24.2 Å². The van der Waals surface area contributed by atoms with Crippen molar-refractivity contribution in [3.8, 4) is 5.75 Å². The second-order valence-electron chi connectivity index (χ2n) is 3.45. The summed E-state index contributed by atoms with van der Waals surface area (Å²) in [5, 5.41) is 2.90. The lowest BCUT2D eigenvalue weighted by Crippen LogP contribution is -2.16. The van der Waals surface area contributed by atoms with Crippen LogP contribution in [-0.2, 0) is 4.79 Å².